The second kappa shape index (κ2) is 10.1. The normalized spacial score (nSPS) is 16.8. The summed E-state index contributed by atoms with van der Waals surface area (Å²) in [5.41, 5.74) is 6.54. The van der Waals surface area contributed by atoms with E-state index in [-0.39, 0.29) is 11.6 Å². The zero-order valence-corrected chi connectivity index (χ0v) is 23.4. The summed E-state index contributed by atoms with van der Waals surface area (Å²) in [4.78, 5) is 2.29. The first-order chi connectivity index (χ1) is 19.9. The van der Waals surface area contributed by atoms with E-state index in [4.69, 9.17) is 0 Å². The molecule has 1 aliphatic rings. The van der Waals surface area contributed by atoms with Crippen LogP contribution in [0.4, 0.5) is 4.39 Å². The van der Waals surface area contributed by atoms with Crippen LogP contribution in [0, 0.1) is 12.7 Å². The Morgan fingerprint density at radius 1 is 0.829 bits per heavy atom. The minimum atomic E-state index is -1.05. The molecule has 2 unspecified atom stereocenters. The van der Waals surface area contributed by atoms with Crippen LogP contribution in [0.25, 0.3) is 43.1 Å². The van der Waals surface area contributed by atoms with E-state index in [0.717, 1.165) is 60.8 Å². The highest BCUT2D eigenvalue weighted by Gasteiger charge is 2.30. The second-order valence-corrected chi connectivity index (χ2v) is 12.1. The van der Waals surface area contributed by atoms with E-state index >= 15 is 0 Å². The summed E-state index contributed by atoms with van der Waals surface area (Å²) in [7, 11) is 0. The van der Waals surface area contributed by atoms with Crippen molar-refractivity contribution in [3.63, 3.8) is 0 Å². The minimum absolute atomic E-state index is 0.133. The van der Waals surface area contributed by atoms with E-state index in [0.29, 0.717) is 23.8 Å². The Morgan fingerprint density at radius 3 is 2.39 bits per heavy atom. The number of halogens is 1. The molecule has 5 aromatic carbocycles. The Labute approximate surface area is 241 Å². The molecule has 0 fully saturated rings. The number of thiophene rings is 1. The number of rotatable bonds is 4. The Kier molecular flexibility index (Phi) is 6.39. The second-order valence-electron chi connectivity index (χ2n) is 11.0. The zero-order chi connectivity index (χ0) is 28.2. The number of hydrogen-bond donors (Lipinski definition) is 3. The van der Waals surface area contributed by atoms with Gasteiger partial charge in [-0.05, 0) is 93.6 Å². The number of aliphatic hydroxyl groups is 2. The van der Waals surface area contributed by atoms with Crippen molar-refractivity contribution in [2.75, 3.05) is 0 Å². The third kappa shape index (κ3) is 4.41. The average molecular weight is 561 g/mol. The van der Waals surface area contributed by atoms with Crippen LogP contribution in [0.15, 0.2) is 91.0 Å². The average Bonchev–Trinajstić information content (AvgIpc) is 3.45. The number of phenolic OH excluding ortho intramolecular Hbond substituents is 1. The van der Waals surface area contributed by atoms with Gasteiger partial charge >= 0.3 is 0 Å². The fraction of sp³-hybridized carbons (Fsp3) is 0.167. The van der Waals surface area contributed by atoms with Gasteiger partial charge in [0.25, 0.3) is 0 Å². The molecular formula is C36H29FO3S. The van der Waals surface area contributed by atoms with Gasteiger partial charge in [-0.1, -0.05) is 66.7 Å². The van der Waals surface area contributed by atoms with E-state index in [1.165, 1.54) is 17.0 Å². The van der Waals surface area contributed by atoms with Gasteiger partial charge in [0.15, 0.2) is 0 Å². The van der Waals surface area contributed by atoms with Crippen LogP contribution in [0.5, 0.6) is 5.75 Å². The van der Waals surface area contributed by atoms with E-state index in [1.807, 2.05) is 36.4 Å². The number of fused-ring (bicyclic) bond motifs is 5. The number of hydrogen-bond acceptors (Lipinski definition) is 4. The van der Waals surface area contributed by atoms with Gasteiger partial charge in [-0.2, -0.15) is 0 Å². The van der Waals surface area contributed by atoms with Gasteiger partial charge in [-0.3, -0.25) is 0 Å². The molecule has 1 aromatic heterocycles. The molecular weight excluding hydrogens is 531 g/mol. The van der Waals surface area contributed by atoms with Crippen LogP contribution in [-0.2, 0) is 12.8 Å². The van der Waals surface area contributed by atoms with Crippen LogP contribution in [0.1, 0.15) is 39.7 Å². The summed E-state index contributed by atoms with van der Waals surface area (Å²) >= 11 is 1.70. The molecule has 0 saturated carbocycles. The predicted molar refractivity (Wildman–Crippen MR) is 165 cm³/mol. The lowest BCUT2D eigenvalue weighted by Gasteiger charge is -2.29. The molecule has 6 aromatic rings. The summed E-state index contributed by atoms with van der Waals surface area (Å²) in [5, 5.41) is 36.9. The molecule has 1 heterocycles. The monoisotopic (exact) mass is 560 g/mol. The van der Waals surface area contributed by atoms with Gasteiger partial charge in [0.05, 0.1) is 6.10 Å². The number of aryl methyl sites for hydroxylation is 2. The highest BCUT2D eigenvalue weighted by molar-refractivity contribution is 7.15. The SMILES string of the molecule is Cc1ccc(-c2c(O)c3c4c(ccc3c3ccccc23)CCC(O)C4O)cc1Cc1ccc(-c2ccc(F)cc2)s1. The number of phenols is 1. The number of aliphatic hydroxyl groups excluding tert-OH is 2. The summed E-state index contributed by atoms with van der Waals surface area (Å²) in [5.74, 6) is -0.109. The van der Waals surface area contributed by atoms with Crippen molar-refractivity contribution in [3.8, 4) is 27.3 Å². The summed E-state index contributed by atoms with van der Waals surface area (Å²) in [6, 6.07) is 29.2. The van der Waals surface area contributed by atoms with Crippen LogP contribution >= 0.6 is 11.3 Å². The van der Waals surface area contributed by atoms with E-state index in [2.05, 4.69) is 37.3 Å². The highest BCUT2D eigenvalue weighted by Crippen LogP contribution is 2.48. The van der Waals surface area contributed by atoms with Crippen molar-refractivity contribution in [3.05, 3.63) is 124 Å². The van der Waals surface area contributed by atoms with Gasteiger partial charge in [-0.15, -0.1) is 11.3 Å². The van der Waals surface area contributed by atoms with E-state index in [9.17, 15) is 19.7 Å². The summed E-state index contributed by atoms with van der Waals surface area (Å²) in [6.45, 7) is 2.10. The molecule has 0 radical (unpaired) electrons. The maximum absolute atomic E-state index is 13.4. The Bertz CT molecular complexity index is 1940. The number of aromatic hydroxyl groups is 1. The Morgan fingerprint density at radius 2 is 1.59 bits per heavy atom. The lowest BCUT2D eigenvalue weighted by Crippen LogP contribution is -2.25. The maximum atomic E-state index is 13.4. The molecule has 3 N–H and O–H groups in total. The third-order valence-corrected chi connectivity index (χ3v) is 9.59. The first kappa shape index (κ1) is 25.9. The molecule has 0 spiro atoms. The van der Waals surface area contributed by atoms with Crippen LogP contribution in [0.3, 0.4) is 0 Å². The largest absolute Gasteiger partial charge is 0.507 e. The Hall–Kier alpha value is -4.03. The van der Waals surface area contributed by atoms with Crippen LogP contribution in [0.2, 0.25) is 0 Å². The molecule has 5 heteroatoms. The van der Waals surface area contributed by atoms with Crippen molar-refractivity contribution >= 4 is 32.9 Å². The minimum Gasteiger partial charge on any atom is -0.507 e. The maximum Gasteiger partial charge on any atom is 0.132 e. The fourth-order valence-corrected chi connectivity index (χ4v) is 7.32. The van der Waals surface area contributed by atoms with Crippen molar-refractivity contribution in [2.24, 2.45) is 0 Å². The van der Waals surface area contributed by atoms with Crippen molar-refractivity contribution in [2.45, 2.75) is 38.4 Å². The Balaban J connectivity index is 1.37. The zero-order valence-electron chi connectivity index (χ0n) is 22.6. The van der Waals surface area contributed by atoms with E-state index in [1.54, 1.807) is 23.5 Å². The number of benzene rings is 5. The van der Waals surface area contributed by atoms with Gasteiger partial charge < -0.3 is 15.3 Å². The van der Waals surface area contributed by atoms with Gasteiger partial charge in [-0.25, -0.2) is 4.39 Å². The first-order valence-electron chi connectivity index (χ1n) is 13.9. The molecule has 204 valence electrons. The quantitative estimate of drug-likeness (QED) is 0.190. The van der Waals surface area contributed by atoms with Gasteiger partial charge in [0.2, 0.25) is 0 Å². The summed E-state index contributed by atoms with van der Waals surface area (Å²) in [6.07, 6.45) is -0.0315. The van der Waals surface area contributed by atoms with Crippen LogP contribution < -0.4 is 0 Å². The molecule has 2 atom stereocenters. The van der Waals surface area contributed by atoms with Crippen molar-refractivity contribution in [1.82, 2.24) is 0 Å². The van der Waals surface area contributed by atoms with E-state index < -0.39 is 12.2 Å². The van der Waals surface area contributed by atoms with Gasteiger partial charge in [0, 0.05) is 27.1 Å². The van der Waals surface area contributed by atoms with Crippen LogP contribution in [-0.4, -0.2) is 21.4 Å². The smallest absolute Gasteiger partial charge is 0.132 e. The van der Waals surface area contributed by atoms with Gasteiger partial charge in [0.1, 0.15) is 17.7 Å². The third-order valence-electron chi connectivity index (χ3n) is 8.46. The molecule has 0 aliphatic heterocycles. The molecule has 0 saturated heterocycles. The molecule has 0 bridgehead atoms. The van der Waals surface area contributed by atoms with Crippen molar-refractivity contribution in [1.29, 1.82) is 0 Å². The fourth-order valence-electron chi connectivity index (χ4n) is 6.28. The topological polar surface area (TPSA) is 60.7 Å². The van der Waals surface area contributed by atoms with Crippen molar-refractivity contribution < 1.29 is 19.7 Å². The lowest BCUT2D eigenvalue weighted by molar-refractivity contribution is 0.00741. The standard InChI is InChI=1S/C36H29FO3S/c1-20-6-7-23(18-24(20)19-26-14-17-31(41-26)21-8-12-25(37)13-9-21)32-28-5-3-2-4-27(28)29-15-10-22-11-16-30(38)35(39)33(22)34(29)36(32)40/h2-10,12-15,17-18,30,35,38-40H,11,16,19H2,1H3. The molecule has 7 rings (SSSR count). The molecule has 1 aliphatic carbocycles. The molecule has 3 nitrogen and oxygen atoms in total. The lowest BCUT2D eigenvalue weighted by atomic mass is 9.81. The predicted octanol–water partition coefficient (Wildman–Crippen LogP) is 8.47. The molecule has 0 amide bonds. The summed E-state index contributed by atoms with van der Waals surface area (Å²) < 4.78 is 13.4. The molecule has 41 heavy (non-hydrogen) atoms. The first-order valence-corrected chi connectivity index (χ1v) is 14.7. The highest BCUT2D eigenvalue weighted by atomic mass is 32.1.